The van der Waals surface area contributed by atoms with Crippen molar-refractivity contribution in [2.24, 2.45) is 0 Å². The summed E-state index contributed by atoms with van der Waals surface area (Å²) < 4.78 is 8.60. The zero-order valence-electron chi connectivity index (χ0n) is 21.5. The number of nitrogen functional groups attached to an aromatic ring is 1. The average Bonchev–Trinajstić information content (AvgIpc) is 3.58. The molecule has 6 rings (SSSR count). The van der Waals surface area contributed by atoms with E-state index in [1.54, 1.807) is 24.4 Å². The summed E-state index contributed by atoms with van der Waals surface area (Å²) in [5.74, 6) is 0.153. The topological polar surface area (TPSA) is 164 Å². The third kappa shape index (κ3) is 4.83. The Kier molecular flexibility index (Phi) is 6.59. The molecule has 1 fully saturated rings. The summed E-state index contributed by atoms with van der Waals surface area (Å²) in [6, 6.07) is 17.1. The zero-order chi connectivity index (χ0) is 27.6. The third-order valence-electron chi connectivity index (χ3n) is 6.94. The van der Waals surface area contributed by atoms with E-state index in [2.05, 4.69) is 35.9 Å². The Bertz CT molecular complexity index is 1720. The molecule has 1 saturated heterocycles. The van der Waals surface area contributed by atoms with Gasteiger partial charge in [0.15, 0.2) is 12.3 Å². The molecule has 1 aliphatic heterocycles. The first kappa shape index (κ1) is 25.1. The molecule has 0 atom stereocenters. The van der Waals surface area contributed by atoms with Gasteiger partial charge in [0.25, 0.3) is 0 Å². The maximum atomic E-state index is 10.7. The Hall–Kier alpha value is -5.22. The summed E-state index contributed by atoms with van der Waals surface area (Å²) in [6.07, 6.45) is 1.68. The van der Waals surface area contributed by atoms with Crippen molar-refractivity contribution in [2.45, 2.75) is 6.54 Å². The largest absolute Gasteiger partial charge is 0.482 e. The van der Waals surface area contributed by atoms with Gasteiger partial charge in [0.2, 0.25) is 11.8 Å². The van der Waals surface area contributed by atoms with Gasteiger partial charge in [-0.2, -0.15) is 14.8 Å². The minimum atomic E-state index is -1.00. The number of nitrogens with two attached hydrogens (primary N) is 1. The van der Waals surface area contributed by atoms with E-state index >= 15 is 0 Å². The van der Waals surface area contributed by atoms with Gasteiger partial charge in [0, 0.05) is 51.2 Å². The molecular weight excluding hydrogens is 512 g/mol. The van der Waals surface area contributed by atoms with Crippen molar-refractivity contribution < 1.29 is 14.6 Å². The summed E-state index contributed by atoms with van der Waals surface area (Å²) in [4.78, 5) is 28.9. The molecule has 5 heterocycles. The minimum absolute atomic E-state index is 0.189. The Labute approximate surface area is 228 Å². The van der Waals surface area contributed by atoms with Gasteiger partial charge in [-0.15, -0.1) is 5.10 Å². The first-order chi connectivity index (χ1) is 19.5. The lowest BCUT2D eigenvalue weighted by Gasteiger charge is -2.36. The molecule has 0 radical (unpaired) electrons. The second-order valence-electron chi connectivity index (χ2n) is 9.39. The molecule has 0 bridgehead atoms. The minimum Gasteiger partial charge on any atom is -0.482 e. The summed E-state index contributed by atoms with van der Waals surface area (Å²) in [5.41, 5.74) is 9.58. The van der Waals surface area contributed by atoms with Crippen molar-refractivity contribution in [1.29, 1.82) is 5.26 Å². The fourth-order valence-corrected chi connectivity index (χ4v) is 4.92. The molecule has 40 heavy (non-hydrogen) atoms. The smallest absolute Gasteiger partial charge is 0.341 e. The van der Waals surface area contributed by atoms with Crippen LogP contribution in [0.5, 0.6) is 5.75 Å². The van der Waals surface area contributed by atoms with Crippen molar-refractivity contribution in [2.75, 3.05) is 50.0 Å². The Balaban J connectivity index is 1.15. The van der Waals surface area contributed by atoms with E-state index < -0.39 is 5.97 Å². The van der Waals surface area contributed by atoms with Crippen molar-refractivity contribution in [1.82, 2.24) is 34.0 Å². The molecular formula is C27H26N10O3. The lowest BCUT2D eigenvalue weighted by atomic mass is 10.2. The van der Waals surface area contributed by atoms with Gasteiger partial charge >= 0.3 is 5.97 Å². The SMILES string of the molecule is N#Cc1cc2c(nc(N)n3nc(-c4ccccn4)nc23)n1CCN1CCN(c2ccc(OCC(=O)O)cc2)CC1. The number of carbonyl (C=O) groups is 1. The number of fused-ring (bicyclic) bond motifs is 3. The summed E-state index contributed by atoms with van der Waals surface area (Å²) >= 11 is 0. The number of rotatable bonds is 8. The van der Waals surface area contributed by atoms with Gasteiger partial charge < -0.3 is 25.0 Å². The number of ether oxygens (including phenoxy) is 1. The molecule has 202 valence electrons. The number of aliphatic carboxylic acids is 1. The average molecular weight is 539 g/mol. The predicted octanol–water partition coefficient (Wildman–Crippen LogP) is 1.88. The third-order valence-corrected chi connectivity index (χ3v) is 6.94. The van der Waals surface area contributed by atoms with Crippen molar-refractivity contribution >= 4 is 34.3 Å². The van der Waals surface area contributed by atoms with Gasteiger partial charge in [0.1, 0.15) is 28.9 Å². The van der Waals surface area contributed by atoms with Crippen LogP contribution >= 0.6 is 0 Å². The summed E-state index contributed by atoms with van der Waals surface area (Å²) in [7, 11) is 0. The highest BCUT2D eigenvalue weighted by molar-refractivity contribution is 5.92. The maximum Gasteiger partial charge on any atom is 0.341 e. The van der Waals surface area contributed by atoms with Crippen molar-refractivity contribution in [3.05, 3.63) is 60.4 Å². The molecule has 0 amide bonds. The van der Waals surface area contributed by atoms with E-state index in [9.17, 15) is 10.1 Å². The van der Waals surface area contributed by atoms with Crippen LogP contribution in [0.1, 0.15) is 5.69 Å². The van der Waals surface area contributed by atoms with Crippen LogP contribution in [-0.2, 0) is 11.3 Å². The first-order valence-corrected chi connectivity index (χ1v) is 12.8. The van der Waals surface area contributed by atoms with Crippen LogP contribution in [0.25, 0.3) is 28.2 Å². The van der Waals surface area contributed by atoms with Crippen LogP contribution in [0.4, 0.5) is 11.6 Å². The van der Waals surface area contributed by atoms with Crippen LogP contribution in [0.2, 0.25) is 0 Å². The lowest BCUT2D eigenvalue weighted by Crippen LogP contribution is -2.47. The van der Waals surface area contributed by atoms with Gasteiger partial charge in [-0.1, -0.05) is 6.07 Å². The highest BCUT2D eigenvalue weighted by atomic mass is 16.5. The molecule has 3 N–H and O–H groups in total. The highest BCUT2D eigenvalue weighted by Gasteiger charge is 2.21. The number of benzene rings is 1. The zero-order valence-corrected chi connectivity index (χ0v) is 21.5. The number of carboxylic acids is 1. The van der Waals surface area contributed by atoms with E-state index in [4.69, 9.17) is 15.6 Å². The number of hydrogen-bond acceptors (Lipinski definition) is 10. The van der Waals surface area contributed by atoms with Gasteiger partial charge in [-0.25, -0.2) is 9.78 Å². The number of hydrogen-bond donors (Lipinski definition) is 2. The van der Waals surface area contributed by atoms with E-state index in [0.29, 0.717) is 46.2 Å². The first-order valence-electron chi connectivity index (χ1n) is 12.8. The molecule has 0 aliphatic carbocycles. The predicted molar refractivity (Wildman–Crippen MR) is 147 cm³/mol. The number of pyridine rings is 1. The molecule has 4 aromatic heterocycles. The lowest BCUT2D eigenvalue weighted by molar-refractivity contribution is -0.139. The Morgan fingerprint density at radius 2 is 1.85 bits per heavy atom. The van der Waals surface area contributed by atoms with Crippen LogP contribution in [-0.4, -0.2) is 84.4 Å². The van der Waals surface area contributed by atoms with Crippen LogP contribution in [0, 0.1) is 11.3 Å². The fraction of sp³-hybridized carbons (Fsp3) is 0.259. The van der Waals surface area contributed by atoms with Gasteiger partial charge in [0.05, 0.1) is 5.39 Å². The Morgan fingerprint density at radius 3 is 2.55 bits per heavy atom. The highest BCUT2D eigenvalue weighted by Crippen LogP contribution is 2.26. The van der Waals surface area contributed by atoms with Crippen LogP contribution in [0.15, 0.2) is 54.7 Å². The van der Waals surface area contributed by atoms with E-state index in [-0.39, 0.29) is 12.6 Å². The summed E-state index contributed by atoms with van der Waals surface area (Å²) in [6.45, 7) is 4.36. The van der Waals surface area contributed by atoms with E-state index in [0.717, 1.165) is 38.4 Å². The second kappa shape index (κ2) is 10.5. The Morgan fingerprint density at radius 1 is 1.05 bits per heavy atom. The number of piperazine rings is 1. The number of nitriles is 1. The molecule has 0 spiro atoms. The molecule has 13 nitrogen and oxygen atoms in total. The number of nitrogens with zero attached hydrogens (tertiary/aromatic N) is 9. The van der Waals surface area contributed by atoms with Crippen molar-refractivity contribution in [3.8, 4) is 23.3 Å². The number of carboxylic acid groups (broad SMARTS) is 1. The molecule has 5 aromatic rings. The quantitative estimate of drug-likeness (QED) is 0.296. The van der Waals surface area contributed by atoms with Crippen LogP contribution in [0.3, 0.4) is 0 Å². The van der Waals surface area contributed by atoms with Gasteiger partial charge in [-0.05, 0) is 42.5 Å². The molecule has 13 heteroatoms. The number of aromatic nitrogens is 6. The maximum absolute atomic E-state index is 10.7. The standard InChI is InChI=1S/C27H26N10O3/c28-16-19-15-21-25(32-27(29)37-26(21)31-24(33-37)22-3-1-2-8-30-22)36(19)14-11-34-9-12-35(13-10-34)18-4-6-20(7-5-18)40-17-23(38)39/h1-8,15H,9-14,17H2,(H2,29,32)(H,38,39). The molecule has 0 unspecified atom stereocenters. The number of anilines is 2. The fourth-order valence-electron chi connectivity index (χ4n) is 4.92. The molecule has 0 saturated carbocycles. The van der Waals surface area contributed by atoms with Crippen LogP contribution < -0.4 is 15.4 Å². The normalized spacial score (nSPS) is 14.0. The molecule has 1 aromatic carbocycles. The van der Waals surface area contributed by atoms with E-state index in [1.165, 1.54) is 4.52 Å². The van der Waals surface area contributed by atoms with Gasteiger partial charge in [-0.3, -0.25) is 9.88 Å². The van der Waals surface area contributed by atoms with E-state index in [1.807, 2.05) is 34.9 Å². The second-order valence-corrected chi connectivity index (χ2v) is 9.39. The summed E-state index contributed by atoms with van der Waals surface area (Å²) in [5, 5.41) is 23.8. The monoisotopic (exact) mass is 538 g/mol. The molecule has 1 aliphatic rings. The van der Waals surface area contributed by atoms with Crippen molar-refractivity contribution in [3.63, 3.8) is 0 Å².